The van der Waals surface area contributed by atoms with E-state index in [1.807, 2.05) is 0 Å². The summed E-state index contributed by atoms with van der Waals surface area (Å²) < 4.78 is 0. The molecule has 0 aliphatic carbocycles. The Hall–Kier alpha value is -2.08. The molecule has 0 spiro atoms. The average Bonchev–Trinajstić information content (AvgIpc) is 2.27. The van der Waals surface area contributed by atoms with Gasteiger partial charge in [-0.15, -0.1) is 0 Å². The van der Waals surface area contributed by atoms with Crippen molar-refractivity contribution in [2.45, 2.75) is 0 Å². The summed E-state index contributed by atoms with van der Waals surface area (Å²) in [6.07, 6.45) is 0. The van der Waals surface area contributed by atoms with E-state index in [9.17, 15) is 9.59 Å². The van der Waals surface area contributed by atoms with Crippen molar-refractivity contribution in [2.24, 2.45) is 5.73 Å². The fourth-order valence-electron chi connectivity index (χ4n) is 1.10. The van der Waals surface area contributed by atoms with Crippen LogP contribution in [0.5, 0.6) is 0 Å². The molecule has 0 heterocycles. The van der Waals surface area contributed by atoms with Gasteiger partial charge in [-0.3, -0.25) is 9.63 Å². The van der Waals surface area contributed by atoms with E-state index in [1.165, 1.54) is 14.2 Å². The summed E-state index contributed by atoms with van der Waals surface area (Å²) in [7, 11) is 2.92. The van der Waals surface area contributed by atoms with E-state index >= 15 is 0 Å². The van der Waals surface area contributed by atoms with E-state index in [1.54, 1.807) is 24.3 Å². The van der Waals surface area contributed by atoms with Crippen LogP contribution in [0.25, 0.3) is 0 Å². The van der Waals surface area contributed by atoms with Crippen LogP contribution < -0.4 is 11.1 Å². The van der Waals surface area contributed by atoms with Crippen molar-refractivity contribution in [3.63, 3.8) is 0 Å². The topological polar surface area (TPSA) is 84.7 Å². The van der Waals surface area contributed by atoms with E-state index in [2.05, 4.69) is 5.32 Å². The Morgan fingerprint density at radius 2 is 1.88 bits per heavy atom. The maximum absolute atomic E-state index is 11.6. The number of benzene rings is 1. The monoisotopic (exact) mass is 223 g/mol. The highest BCUT2D eigenvalue weighted by Crippen LogP contribution is 2.10. The summed E-state index contributed by atoms with van der Waals surface area (Å²) in [4.78, 5) is 26.9. The number of hydrogen-bond donors (Lipinski definition) is 2. The van der Waals surface area contributed by atoms with Gasteiger partial charge in [-0.05, 0) is 24.3 Å². The first-order valence-corrected chi connectivity index (χ1v) is 4.53. The predicted octanol–water partition coefficient (Wildman–Crippen LogP) is 0.811. The number of anilines is 1. The van der Waals surface area contributed by atoms with E-state index < -0.39 is 6.03 Å². The number of hydrogen-bond acceptors (Lipinski definition) is 3. The number of hydroxylamine groups is 2. The summed E-state index contributed by atoms with van der Waals surface area (Å²) in [6, 6.07) is 5.67. The highest BCUT2D eigenvalue weighted by atomic mass is 16.7. The second kappa shape index (κ2) is 5.13. The highest BCUT2D eigenvalue weighted by molar-refractivity contribution is 5.94. The standard InChI is InChI=1S/C10H13N3O3/c1-13(16-2)9(14)7-3-5-8(6-4-7)12-10(11)15/h3-6H,1-2H3,(H3,11,12,15). The number of urea groups is 1. The molecule has 0 aliphatic heterocycles. The van der Waals surface area contributed by atoms with Crippen LogP contribution in [0.1, 0.15) is 10.4 Å². The van der Waals surface area contributed by atoms with Gasteiger partial charge >= 0.3 is 6.03 Å². The van der Waals surface area contributed by atoms with Gasteiger partial charge < -0.3 is 11.1 Å². The molecular weight excluding hydrogens is 210 g/mol. The molecule has 3 amide bonds. The molecule has 0 bridgehead atoms. The molecule has 0 unspecified atom stereocenters. The van der Waals surface area contributed by atoms with Crippen LogP contribution in [0, 0.1) is 0 Å². The van der Waals surface area contributed by atoms with Gasteiger partial charge in [-0.25, -0.2) is 9.86 Å². The van der Waals surface area contributed by atoms with Crippen molar-refractivity contribution in [3.05, 3.63) is 29.8 Å². The first-order valence-electron chi connectivity index (χ1n) is 4.53. The first kappa shape index (κ1) is 12.0. The maximum atomic E-state index is 11.6. The van der Waals surface area contributed by atoms with Gasteiger partial charge in [0, 0.05) is 18.3 Å². The molecule has 6 nitrogen and oxygen atoms in total. The highest BCUT2D eigenvalue weighted by Gasteiger charge is 2.10. The third-order valence-corrected chi connectivity index (χ3v) is 1.96. The van der Waals surface area contributed by atoms with Gasteiger partial charge in [0.1, 0.15) is 0 Å². The van der Waals surface area contributed by atoms with Crippen LogP contribution in [0.2, 0.25) is 0 Å². The summed E-state index contributed by atoms with van der Waals surface area (Å²) in [5.41, 5.74) is 5.94. The number of nitrogens with zero attached hydrogens (tertiary/aromatic N) is 1. The largest absolute Gasteiger partial charge is 0.351 e. The smallest absolute Gasteiger partial charge is 0.316 e. The van der Waals surface area contributed by atoms with Crippen LogP contribution in [0.4, 0.5) is 10.5 Å². The summed E-state index contributed by atoms with van der Waals surface area (Å²) >= 11 is 0. The Labute approximate surface area is 92.9 Å². The Kier molecular flexibility index (Phi) is 3.84. The second-order valence-corrected chi connectivity index (χ2v) is 3.05. The molecule has 86 valence electrons. The molecule has 0 radical (unpaired) electrons. The number of rotatable bonds is 3. The second-order valence-electron chi connectivity index (χ2n) is 3.05. The van der Waals surface area contributed by atoms with Crippen LogP contribution in [-0.2, 0) is 4.84 Å². The van der Waals surface area contributed by atoms with Crippen LogP contribution in [0.3, 0.4) is 0 Å². The molecule has 16 heavy (non-hydrogen) atoms. The summed E-state index contributed by atoms with van der Waals surface area (Å²) in [5.74, 6) is -0.270. The molecule has 1 rings (SSSR count). The lowest BCUT2D eigenvalue weighted by Gasteiger charge is -2.13. The van der Waals surface area contributed by atoms with Crippen LogP contribution in [0.15, 0.2) is 24.3 Å². The molecule has 0 fully saturated rings. The fourth-order valence-corrected chi connectivity index (χ4v) is 1.10. The van der Waals surface area contributed by atoms with Crippen LogP contribution in [-0.4, -0.2) is 31.2 Å². The summed E-state index contributed by atoms with van der Waals surface area (Å²) in [5, 5.41) is 3.50. The third kappa shape index (κ3) is 2.96. The lowest BCUT2D eigenvalue weighted by atomic mass is 10.2. The average molecular weight is 223 g/mol. The Morgan fingerprint density at radius 1 is 1.31 bits per heavy atom. The first-order chi connectivity index (χ1) is 7.54. The minimum absolute atomic E-state index is 0.270. The zero-order valence-electron chi connectivity index (χ0n) is 9.06. The zero-order valence-corrected chi connectivity index (χ0v) is 9.06. The number of primary amides is 1. The molecular formula is C10H13N3O3. The van der Waals surface area contributed by atoms with Crippen molar-refractivity contribution in [3.8, 4) is 0 Å². The number of amides is 3. The lowest BCUT2D eigenvalue weighted by Crippen LogP contribution is -2.25. The zero-order chi connectivity index (χ0) is 12.1. The molecule has 1 aromatic carbocycles. The van der Waals surface area contributed by atoms with Gasteiger partial charge in [-0.1, -0.05) is 0 Å². The van der Waals surface area contributed by atoms with Crippen molar-refractivity contribution >= 4 is 17.6 Å². The number of nitrogens with two attached hydrogens (primary N) is 1. The molecule has 0 saturated carbocycles. The summed E-state index contributed by atoms with van der Waals surface area (Å²) in [6.45, 7) is 0. The predicted molar refractivity (Wildman–Crippen MR) is 58.8 cm³/mol. The van der Waals surface area contributed by atoms with Gasteiger partial charge in [0.25, 0.3) is 5.91 Å². The minimum Gasteiger partial charge on any atom is -0.351 e. The third-order valence-electron chi connectivity index (χ3n) is 1.96. The Morgan fingerprint density at radius 3 is 2.31 bits per heavy atom. The number of carbonyl (C=O) groups is 2. The van der Waals surface area contributed by atoms with E-state index in [-0.39, 0.29) is 5.91 Å². The number of carbonyl (C=O) groups excluding carboxylic acids is 2. The molecule has 1 aromatic rings. The normalized spacial score (nSPS) is 9.62. The van der Waals surface area contributed by atoms with E-state index in [4.69, 9.17) is 10.6 Å². The molecule has 0 saturated heterocycles. The molecule has 0 atom stereocenters. The van der Waals surface area contributed by atoms with Gasteiger partial charge in [0.05, 0.1) is 7.11 Å². The molecule has 0 aromatic heterocycles. The van der Waals surface area contributed by atoms with Crippen molar-refractivity contribution in [2.75, 3.05) is 19.5 Å². The van der Waals surface area contributed by atoms with Crippen molar-refractivity contribution in [1.29, 1.82) is 0 Å². The quantitative estimate of drug-likeness (QED) is 0.743. The fraction of sp³-hybridized carbons (Fsp3) is 0.200. The van der Waals surface area contributed by atoms with Crippen LogP contribution >= 0.6 is 0 Å². The van der Waals surface area contributed by atoms with Gasteiger partial charge in [0.2, 0.25) is 0 Å². The van der Waals surface area contributed by atoms with E-state index in [0.717, 1.165) is 5.06 Å². The SMILES string of the molecule is CON(C)C(=O)c1ccc(NC(N)=O)cc1. The van der Waals surface area contributed by atoms with E-state index in [0.29, 0.717) is 11.3 Å². The Balaban J connectivity index is 2.78. The molecule has 0 aliphatic rings. The van der Waals surface area contributed by atoms with Crippen molar-refractivity contribution in [1.82, 2.24) is 5.06 Å². The maximum Gasteiger partial charge on any atom is 0.316 e. The lowest BCUT2D eigenvalue weighted by molar-refractivity contribution is -0.0756. The molecule has 3 N–H and O–H groups in total. The number of nitrogens with one attached hydrogen (secondary N) is 1. The van der Waals surface area contributed by atoms with Crippen molar-refractivity contribution < 1.29 is 14.4 Å². The molecule has 6 heteroatoms. The van der Waals surface area contributed by atoms with Gasteiger partial charge in [0.15, 0.2) is 0 Å². The Bertz CT molecular complexity index is 389. The minimum atomic E-state index is -0.645. The van der Waals surface area contributed by atoms with Gasteiger partial charge in [-0.2, -0.15) is 0 Å².